The second-order valence-corrected chi connectivity index (χ2v) is 6.05. The molecule has 7 nitrogen and oxygen atoms in total. The summed E-state index contributed by atoms with van der Waals surface area (Å²) in [6.45, 7) is 6.02. The van der Waals surface area contributed by atoms with Gasteiger partial charge in [-0.05, 0) is 38.0 Å². The van der Waals surface area contributed by atoms with Crippen molar-refractivity contribution in [3.05, 3.63) is 40.7 Å². The Kier molecular flexibility index (Phi) is 7.01. The van der Waals surface area contributed by atoms with Crippen LogP contribution in [0, 0.1) is 6.92 Å². The minimum absolute atomic E-state index is 0.0575. The predicted octanol–water partition coefficient (Wildman–Crippen LogP) is 3.37. The molecule has 0 bridgehead atoms. The maximum absolute atomic E-state index is 12.8. The Morgan fingerprint density at radius 1 is 1.15 bits per heavy atom. The van der Waals surface area contributed by atoms with Gasteiger partial charge in [0.15, 0.2) is 17.3 Å². The van der Waals surface area contributed by atoms with Gasteiger partial charge >= 0.3 is 0 Å². The maximum Gasteiger partial charge on any atom is 0.272 e. The van der Waals surface area contributed by atoms with Crippen molar-refractivity contribution in [1.82, 2.24) is 4.98 Å². The van der Waals surface area contributed by atoms with Gasteiger partial charge in [-0.15, -0.1) is 0 Å². The number of amides is 1. The number of nitrogens with one attached hydrogen (secondary N) is 2. The van der Waals surface area contributed by atoms with Crippen LogP contribution in [0.5, 0.6) is 11.5 Å². The molecule has 0 saturated carbocycles. The molecular formula is C20H26N2O5. The molecule has 1 aromatic heterocycles. The van der Waals surface area contributed by atoms with Gasteiger partial charge in [-0.1, -0.05) is 6.92 Å². The minimum Gasteiger partial charge on any atom is -0.493 e. The van der Waals surface area contributed by atoms with Crippen LogP contribution in [-0.4, -0.2) is 44.1 Å². The first-order valence-electron chi connectivity index (χ1n) is 8.76. The lowest BCUT2D eigenvalue weighted by Crippen LogP contribution is -2.15. The molecule has 1 amide bonds. The number of rotatable bonds is 9. The highest BCUT2D eigenvalue weighted by Gasteiger charge is 2.22. The highest BCUT2D eigenvalue weighted by atomic mass is 16.5. The van der Waals surface area contributed by atoms with Crippen molar-refractivity contribution in [1.29, 1.82) is 0 Å². The second kappa shape index (κ2) is 9.23. The Morgan fingerprint density at radius 3 is 2.48 bits per heavy atom. The lowest BCUT2D eigenvalue weighted by atomic mass is 10.0. The van der Waals surface area contributed by atoms with Crippen molar-refractivity contribution in [2.45, 2.75) is 27.2 Å². The molecule has 27 heavy (non-hydrogen) atoms. The molecular weight excluding hydrogens is 348 g/mol. The van der Waals surface area contributed by atoms with Crippen molar-refractivity contribution in [2.75, 3.05) is 32.8 Å². The third-order valence-electron chi connectivity index (χ3n) is 4.19. The van der Waals surface area contributed by atoms with Crippen LogP contribution in [0.1, 0.15) is 46.0 Å². The molecule has 0 unspecified atom stereocenters. The van der Waals surface area contributed by atoms with Gasteiger partial charge in [0.2, 0.25) is 0 Å². The quantitative estimate of drug-likeness (QED) is 0.519. The van der Waals surface area contributed by atoms with E-state index in [0.717, 1.165) is 5.56 Å². The molecule has 2 N–H and O–H groups in total. The van der Waals surface area contributed by atoms with Crippen molar-refractivity contribution < 1.29 is 23.8 Å². The van der Waals surface area contributed by atoms with E-state index in [2.05, 4.69) is 10.3 Å². The molecule has 0 saturated heterocycles. The average Bonchev–Trinajstić information content (AvgIpc) is 2.99. The Labute approximate surface area is 159 Å². The normalized spacial score (nSPS) is 10.6. The summed E-state index contributed by atoms with van der Waals surface area (Å²) in [5.41, 5.74) is 2.97. The molecule has 2 aromatic rings. The number of anilines is 1. The molecule has 0 aliphatic heterocycles. The zero-order valence-electron chi connectivity index (χ0n) is 16.4. The van der Waals surface area contributed by atoms with E-state index in [1.165, 1.54) is 6.92 Å². The van der Waals surface area contributed by atoms with Crippen LogP contribution in [-0.2, 0) is 11.2 Å². The van der Waals surface area contributed by atoms with Gasteiger partial charge < -0.3 is 24.5 Å². The van der Waals surface area contributed by atoms with E-state index in [0.29, 0.717) is 53.8 Å². The molecule has 0 radical (unpaired) electrons. The Hall–Kier alpha value is -2.80. The summed E-state index contributed by atoms with van der Waals surface area (Å²) in [5.74, 6) is 0.705. The van der Waals surface area contributed by atoms with Crippen molar-refractivity contribution >= 4 is 17.4 Å². The Morgan fingerprint density at radius 2 is 1.89 bits per heavy atom. The molecule has 7 heteroatoms. The second-order valence-electron chi connectivity index (χ2n) is 6.05. The molecule has 0 aliphatic carbocycles. The summed E-state index contributed by atoms with van der Waals surface area (Å²) in [5, 5.41) is 2.85. The molecule has 0 fully saturated rings. The number of ether oxygens (including phenoxy) is 3. The van der Waals surface area contributed by atoms with Gasteiger partial charge in [0.1, 0.15) is 12.3 Å². The van der Waals surface area contributed by atoms with E-state index in [9.17, 15) is 9.59 Å². The number of hydrogen-bond donors (Lipinski definition) is 2. The largest absolute Gasteiger partial charge is 0.493 e. The van der Waals surface area contributed by atoms with Crippen LogP contribution < -0.4 is 14.8 Å². The monoisotopic (exact) mass is 374 g/mol. The van der Waals surface area contributed by atoms with E-state index in [4.69, 9.17) is 14.2 Å². The number of H-pyrrole nitrogens is 1. The lowest BCUT2D eigenvalue weighted by molar-refractivity contribution is 0.101. The summed E-state index contributed by atoms with van der Waals surface area (Å²) >= 11 is 0. The first-order chi connectivity index (χ1) is 12.9. The van der Waals surface area contributed by atoms with Crippen molar-refractivity contribution in [2.24, 2.45) is 0 Å². The van der Waals surface area contributed by atoms with Crippen LogP contribution in [0.3, 0.4) is 0 Å². The summed E-state index contributed by atoms with van der Waals surface area (Å²) in [6, 6.07) is 5.15. The zero-order chi connectivity index (χ0) is 20.0. The van der Waals surface area contributed by atoms with Crippen molar-refractivity contribution in [3.8, 4) is 11.5 Å². The summed E-state index contributed by atoms with van der Waals surface area (Å²) < 4.78 is 15.9. The minimum atomic E-state index is -0.310. The first kappa shape index (κ1) is 20.5. The zero-order valence-corrected chi connectivity index (χ0v) is 16.4. The maximum atomic E-state index is 12.8. The lowest BCUT2D eigenvalue weighted by Gasteiger charge is -2.13. The topological polar surface area (TPSA) is 89.7 Å². The first-order valence-corrected chi connectivity index (χ1v) is 8.76. The summed E-state index contributed by atoms with van der Waals surface area (Å²) in [4.78, 5) is 27.7. The highest BCUT2D eigenvalue weighted by Crippen LogP contribution is 2.30. The standard InChI is InChI=1S/C20H26N2O5/c1-6-15-18(13(3)23)12(2)21-19(15)20(24)22-14-7-8-16(26-5)17(11-14)27-10-9-25-4/h7-8,11,21H,6,9-10H2,1-5H3,(H,22,24). The number of carbonyl (C=O) groups is 2. The summed E-state index contributed by atoms with van der Waals surface area (Å²) in [6.07, 6.45) is 0.579. The van der Waals surface area contributed by atoms with E-state index < -0.39 is 0 Å². The molecule has 0 atom stereocenters. The Bertz CT molecular complexity index is 826. The van der Waals surface area contributed by atoms with Crippen LogP contribution >= 0.6 is 0 Å². The smallest absolute Gasteiger partial charge is 0.272 e. The van der Waals surface area contributed by atoms with Crippen molar-refractivity contribution in [3.63, 3.8) is 0 Å². The molecule has 0 spiro atoms. The van der Waals surface area contributed by atoms with Gasteiger partial charge in [0, 0.05) is 30.1 Å². The van der Waals surface area contributed by atoms with E-state index in [-0.39, 0.29) is 11.7 Å². The number of hydrogen-bond acceptors (Lipinski definition) is 5. The number of aromatic amines is 1. The van der Waals surface area contributed by atoms with Crippen LogP contribution in [0.15, 0.2) is 18.2 Å². The number of methoxy groups -OCH3 is 2. The molecule has 1 aromatic carbocycles. The summed E-state index contributed by atoms with van der Waals surface area (Å²) in [7, 11) is 3.14. The van der Waals surface area contributed by atoms with Gasteiger partial charge in [0.25, 0.3) is 5.91 Å². The molecule has 146 valence electrons. The predicted molar refractivity (Wildman–Crippen MR) is 103 cm³/mol. The molecule has 1 heterocycles. The number of carbonyl (C=O) groups excluding carboxylic acids is 2. The SMILES string of the molecule is CCc1c(C(=O)Nc2ccc(OC)c(OCCOC)c2)[nH]c(C)c1C(C)=O. The van der Waals surface area contributed by atoms with E-state index in [1.807, 2.05) is 6.92 Å². The number of aromatic nitrogens is 1. The fourth-order valence-corrected chi connectivity index (χ4v) is 3.00. The fourth-order valence-electron chi connectivity index (χ4n) is 3.00. The van der Waals surface area contributed by atoms with E-state index in [1.54, 1.807) is 39.3 Å². The molecule has 0 aliphatic rings. The van der Waals surface area contributed by atoms with Gasteiger partial charge in [-0.25, -0.2) is 0 Å². The van der Waals surface area contributed by atoms with Crippen LogP contribution in [0.25, 0.3) is 0 Å². The Balaban J connectivity index is 2.26. The third kappa shape index (κ3) is 4.68. The number of Topliss-reactive ketones (excluding diaryl/α,β-unsaturated/α-hetero) is 1. The van der Waals surface area contributed by atoms with Gasteiger partial charge in [-0.3, -0.25) is 9.59 Å². The molecule has 2 rings (SSSR count). The fraction of sp³-hybridized carbons (Fsp3) is 0.400. The number of aryl methyl sites for hydroxylation is 1. The van der Waals surface area contributed by atoms with Crippen LogP contribution in [0.2, 0.25) is 0 Å². The highest BCUT2D eigenvalue weighted by molar-refractivity contribution is 6.07. The number of benzene rings is 1. The van der Waals surface area contributed by atoms with Gasteiger partial charge in [0.05, 0.1) is 13.7 Å². The van der Waals surface area contributed by atoms with Gasteiger partial charge in [-0.2, -0.15) is 0 Å². The van der Waals surface area contributed by atoms with Crippen LogP contribution in [0.4, 0.5) is 5.69 Å². The number of ketones is 1. The average molecular weight is 374 g/mol. The van der Waals surface area contributed by atoms with E-state index >= 15 is 0 Å². The third-order valence-corrected chi connectivity index (χ3v) is 4.19.